The van der Waals surface area contributed by atoms with Crippen molar-refractivity contribution in [1.82, 2.24) is 4.90 Å². The molecule has 2 aliphatic heterocycles. The van der Waals surface area contributed by atoms with E-state index >= 15 is 0 Å². The molecule has 18 heavy (non-hydrogen) atoms. The molecule has 0 amide bonds. The number of rotatable bonds is 2. The van der Waals surface area contributed by atoms with Crippen LogP contribution in [0, 0.1) is 0 Å². The van der Waals surface area contributed by atoms with Crippen LogP contribution in [-0.2, 0) is 0 Å². The molecule has 1 saturated heterocycles. The number of nitrogens with zero attached hydrogens (tertiary/aromatic N) is 1. The van der Waals surface area contributed by atoms with Crippen molar-refractivity contribution >= 4 is 11.6 Å². The Morgan fingerprint density at radius 3 is 2.78 bits per heavy atom. The Labute approximate surface area is 114 Å². The second-order valence-electron chi connectivity index (χ2n) is 5.35. The van der Waals surface area contributed by atoms with Crippen molar-refractivity contribution in [2.45, 2.75) is 30.6 Å². The molecule has 0 spiro atoms. The molecule has 0 radical (unpaired) electrons. The van der Waals surface area contributed by atoms with Gasteiger partial charge >= 0.3 is 0 Å². The minimum absolute atomic E-state index is 0.392. The van der Waals surface area contributed by atoms with Gasteiger partial charge in [-0.25, -0.2) is 0 Å². The predicted octanol–water partition coefficient (Wildman–Crippen LogP) is 3.26. The number of piperidine rings is 1. The molecule has 1 unspecified atom stereocenters. The molecule has 1 aromatic carbocycles. The molecular weight excluding hydrogens is 246 g/mol. The topological polar surface area (TPSA) is 12.5 Å². The molecule has 3 heteroatoms. The van der Waals surface area contributed by atoms with Crippen LogP contribution in [0.4, 0.5) is 0 Å². The summed E-state index contributed by atoms with van der Waals surface area (Å²) in [6, 6.07) is 8.48. The third-order valence-electron chi connectivity index (χ3n) is 4.08. The molecule has 1 aromatic rings. The van der Waals surface area contributed by atoms with Gasteiger partial charge in [-0.3, -0.25) is 0 Å². The highest BCUT2D eigenvalue weighted by Gasteiger charge is 2.25. The molecule has 1 atom stereocenters. The van der Waals surface area contributed by atoms with Gasteiger partial charge in [-0.15, -0.1) is 11.6 Å². The van der Waals surface area contributed by atoms with Crippen LogP contribution in [0.2, 0.25) is 0 Å². The molecule has 0 N–H and O–H groups in total. The van der Waals surface area contributed by atoms with Crippen molar-refractivity contribution < 1.29 is 4.74 Å². The summed E-state index contributed by atoms with van der Waals surface area (Å²) in [5.41, 5.74) is 1.39. The minimum Gasteiger partial charge on any atom is -0.493 e. The van der Waals surface area contributed by atoms with E-state index in [4.69, 9.17) is 16.3 Å². The van der Waals surface area contributed by atoms with E-state index in [0.717, 1.165) is 51.3 Å². The van der Waals surface area contributed by atoms with Crippen molar-refractivity contribution in [3.05, 3.63) is 29.8 Å². The summed E-state index contributed by atoms with van der Waals surface area (Å²) in [4.78, 5) is 2.56. The van der Waals surface area contributed by atoms with Gasteiger partial charge in [-0.2, -0.15) is 0 Å². The first-order valence-electron chi connectivity index (χ1n) is 6.91. The predicted molar refractivity (Wildman–Crippen MR) is 74.6 cm³/mol. The molecule has 0 saturated carbocycles. The molecular formula is C15H20ClNO. The SMILES string of the molecule is ClC1CCN(CC2CCOc3ccccc32)CC1. The summed E-state index contributed by atoms with van der Waals surface area (Å²) >= 11 is 6.16. The first-order valence-corrected chi connectivity index (χ1v) is 7.35. The highest BCUT2D eigenvalue weighted by atomic mass is 35.5. The lowest BCUT2D eigenvalue weighted by Gasteiger charge is -2.34. The average molecular weight is 266 g/mol. The monoisotopic (exact) mass is 265 g/mol. The van der Waals surface area contributed by atoms with Crippen molar-refractivity contribution in [3.8, 4) is 5.75 Å². The van der Waals surface area contributed by atoms with Gasteiger partial charge in [0, 0.05) is 17.8 Å². The highest BCUT2D eigenvalue weighted by Crippen LogP contribution is 2.34. The minimum atomic E-state index is 0.392. The average Bonchev–Trinajstić information content (AvgIpc) is 2.42. The first kappa shape index (κ1) is 12.3. The summed E-state index contributed by atoms with van der Waals surface area (Å²) in [5, 5.41) is 0.392. The van der Waals surface area contributed by atoms with E-state index in [0.29, 0.717) is 11.3 Å². The second-order valence-corrected chi connectivity index (χ2v) is 5.96. The maximum absolute atomic E-state index is 6.16. The van der Waals surface area contributed by atoms with Crippen molar-refractivity contribution in [3.63, 3.8) is 0 Å². The van der Waals surface area contributed by atoms with E-state index in [-0.39, 0.29) is 0 Å². The zero-order valence-corrected chi connectivity index (χ0v) is 11.4. The van der Waals surface area contributed by atoms with Crippen LogP contribution < -0.4 is 4.74 Å². The molecule has 0 aromatic heterocycles. The van der Waals surface area contributed by atoms with E-state index < -0.39 is 0 Å². The number of hydrogen-bond acceptors (Lipinski definition) is 2. The van der Waals surface area contributed by atoms with E-state index in [2.05, 4.69) is 29.2 Å². The normalized spacial score (nSPS) is 25.5. The lowest BCUT2D eigenvalue weighted by Crippen LogP contribution is -2.37. The third-order valence-corrected chi connectivity index (χ3v) is 4.51. The fraction of sp³-hybridized carbons (Fsp3) is 0.600. The molecule has 0 aliphatic carbocycles. The van der Waals surface area contributed by atoms with Crippen LogP contribution in [0.25, 0.3) is 0 Å². The first-order chi connectivity index (χ1) is 8.83. The van der Waals surface area contributed by atoms with E-state index in [1.165, 1.54) is 5.56 Å². The largest absolute Gasteiger partial charge is 0.493 e. The quantitative estimate of drug-likeness (QED) is 0.761. The van der Waals surface area contributed by atoms with Crippen LogP contribution in [0.5, 0.6) is 5.75 Å². The molecule has 2 heterocycles. The van der Waals surface area contributed by atoms with E-state index in [1.807, 2.05) is 0 Å². The standard InChI is InChI=1S/C15H20ClNO/c16-13-5-8-17(9-6-13)11-12-7-10-18-15-4-2-1-3-14(12)15/h1-4,12-13H,5-11H2. The van der Waals surface area contributed by atoms with Crippen molar-refractivity contribution in [1.29, 1.82) is 0 Å². The molecule has 1 fully saturated rings. The van der Waals surface area contributed by atoms with E-state index in [1.54, 1.807) is 0 Å². The summed E-state index contributed by atoms with van der Waals surface area (Å²) in [6.45, 7) is 4.30. The number of ether oxygens (including phenoxy) is 1. The maximum Gasteiger partial charge on any atom is 0.122 e. The maximum atomic E-state index is 6.16. The number of halogens is 1. The van der Waals surface area contributed by atoms with Crippen molar-refractivity contribution in [2.75, 3.05) is 26.2 Å². The van der Waals surface area contributed by atoms with Gasteiger partial charge in [0.05, 0.1) is 6.61 Å². The Morgan fingerprint density at radius 2 is 1.94 bits per heavy atom. The Balaban J connectivity index is 1.67. The summed E-state index contributed by atoms with van der Waals surface area (Å²) in [5.74, 6) is 1.71. The Kier molecular flexibility index (Phi) is 3.76. The van der Waals surface area contributed by atoms with Crippen LogP contribution in [-0.4, -0.2) is 36.5 Å². The molecule has 3 rings (SSSR count). The van der Waals surface area contributed by atoms with Gasteiger partial charge in [-0.1, -0.05) is 18.2 Å². The number of alkyl halides is 1. The summed E-state index contributed by atoms with van der Waals surface area (Å²) in [6.07, 6.45) is 3.40. The number of benzene rings is 1. The van der Waals surface area contributed by atoms with Crippen molar-refractivity contribution in [2.24, 2.45) is 0 Å². The molecule has 2 aliphatic rings. The highest BCUT2D eigenvalue weighted by molar-refractivity contribution is 6.20. The van der Waals surface area contributed by atoms with Gasteiger partial charge in [0.1, 0.15) is 5.75 Å². The Bertz CT molecular complexity index is 401. The third kappa shape index (κ3) is 2.65. The Hall–Kier alpha value is -0.730. The van der Waals surface area contributed by atoms with Crippen LogP contribution in [0.1, 0.15) is 30.7 Å². The lowest BCUT2D eigenvalue weighted by molar-refractivity contribution is 0.189. The second kappa shape index (κ2) is 5.50. The number of likely N-dealkylation sites (tertiary alicyclic amines) is 1. The number of para-hydroxylation sites is 1. The zero-order chi connectivity index (χ0) is 12.4. The molecule has 98 valence electrons. The van der Waals surface area contributed by atoms with Gasteiger partial charge in [-0.05, 0) is 44.0 Å². The smallest absolute Gasteiger partial charge is 0.122 e. The zero-order valence-electron chi connectivity index (χ0n) is 10.6. The fourth-order valence-electron chi connectivity index (χ4n) is 3.00. The number of fused-ring (bicyclic) bond motifs is 1. The molecule has 0 bridgehead atoms. The van der Waals surface area contributed by atoms with Crippen LogP contribution >= 0.6 is 11.6 Å². The van der Waals surface area contributed by atoms with Gasteiger partial charge in [0.25, 0.3) is 0 Å². The van der Waals surface area contributed by atoms with Gasteiger partial charge in [0.2, 0.25) is 0 Å². The fourth-order valence-corrected chi connectivity index (χ4v) is 3.20. The lowest BCUT2D eigenvalue weighted by atomic mass is 9.92. The summed E-state index contributed by atoms with van der Waals surface area (Å²) < 4.78 is 5.72. The van der Waals surface area contributed by atoms with Crippen LogP contribution in [0.3, 0.4) is 0 Å². The van der Waals surface area contributed by atoms with Gasteiger partial charge in [0.15, 0.2) is 0 Å². The molecule has 2 nitrogen and oxygen atoms in total. The number of hydrogen-bond donors (Lipinski definition) is 0. The Morgan fingerprint density at radius 1 is 1.17 bits per heavy atom. The van der Waals surface area contributed by atoms with E-state index in [9.17, 15) is 0 Å². The summed E-state index contributed by atoms with van der Waals surface area (Å²) in [7, 11) is 0. The van der Waals surface area contributed by atoms with Gasteiger partial charge < -0.3 is 9.64 Å². The van der Waals surface area contributed by atoms with Crippen LogP contribution in [0.15, 0.2) is 24.3 Å².